The summed E-state index contributed by atoms with van der Waals surface area (Å²) in [6, 6.07) is 15.8. The van der Waals surface area contributed by atoms with E-state index in [-0.39, 0.29) is 11.8 Å². The number of hydrogen-bond acceptors (Lipinski definition) is 2. The Bertz CT molecular complexity index is 895. The maximum absolute atomic E-state index is 12.5. The quantitative estimate of drug-likeness (QED) is 0.661. The maximum atomic E-state index is 12.5. The maximum Gasteiger partial charge on any atom is 0.223 e. The first-order chi connectivity index (χ1) is 13.2. The van der Waals surface area contributed by atoms with E-state index in [1.807, 2.05) is 42.5 Å². The van der Waals surface area contributed by atoms with Crippen molar-refractivity contribution >= 4 is 28.5 Å². The number of aromatic nitrogens is 2. The van der Waals surface area contributed by atoms with E-state index in [1.165, 1.54) is 0 Å². The van der Waals surface area contributed by atoms with Crippen molar-refractivity contribution in [1.82, 2.24) is 15.3 Å². The molecule has 5 heteroatoms. The lowest BCUT2D eigenvalue weighted by atomic mass is 9.80. The number of halogens is 1. The van der Waals surface area contributed by atoms with Crippen molar-refractivity contribution in [2.75, 3.05) is 0 Å². The SMILES string of the molecule is O=C(NCc1ccccc1Cl)C1CCC(Cc2nc3ccccc3[nH]2)CC1. The molecule has 0 saturated heterocycles. The zero-order valence-electron chi connectivity index (χ0n) is 15.2. The second kappa shape index (κ2) is 8.13. The average molecular weight is 382 g/mol. The first kappa shape index (κ1) is 18.1. The molecule has 27 heavy (non-hydrogen) atoms. The van der Waals surface area contributed by atoms with Crippen LogP contribution in [0.2, 0.25) is 5.02 Å². The number of para-hydroxylation sites is 2. The van der Waals surface area contributed by atoms with Gasteiger partial charge in [-0.05, 0) is 55.4 Å². The Morgan fingerprint density at radius 1 is 1.07 bits per heavy atom. The minimum Gasteiger partial charge on any atom is -0.352 e. The molecule has 0 unspecified atom stereocenters. The number of H-pyrrole nitrogens is 1. The van der Waals surface area contributed by atoms with Crippen LogP contribution in [-0.2, 0) is 17.8 Å². The lowest BCUT2D eigenvalue weighted by Crippen LogP contribution is -2.33. The normalized spacial score (nSPS) is 19.9. The second-order valence-electron chi connectivity index (χ2n) is 7.43. The van der Waals surface area contributed by atoms with Gasteiger partial charge in [-0.1, -0.05) is 41.9 Å². The third-order valence-electron chi connectivity index (χ3n) is 5.55. The standard InChI is InChI=1S/C22H24ClN3O/c23-18-6-2-1-5-17(18)14-24-22(27)16-11-9-15(10-12-16)13-21-25-19-7-3-4-8-20(19)26-21/h1-8,15-16H,9-14H2,(H,24,27)(H,25,26). The minimum atomic E-state index is 0.111. The summed E-state index contributed by atoms with van der Waals surface area (Å²) in [4.78, 5) is 20.6. The first-order valence-corrected chi connectivity index (χ1v) is 10.0. The molecule has 140 valence electrons. The number of nitrogens with zero attached hydrogens (tertiary/aromatic N) is 1. The second-order valence-corrected chi connectivity index (χ2v) is 7.84. The lowest BCUT2D eigenvalue weighted by Gasteiger charge is -2.27. The number of fused-ring (bicyclic) bond motifs is 1. The molecule has 0 atom stereocenters. The van der Waals surface area contributed by atoms with Crippen LogP contribution in [0.5, 0.6) is 0 Å². The topological polar surface area (TPSA) is 57.8 Å². The third kappa shape index (κ3) is 4.33. The fourth-order valence-corrected chi connectivity index (χ4v) is 4.18. The minimum absolute atomic E-state index is 0.111. The van der Waals surface area contributed by atoms with E-state index in [9.17, 15) is 4.79 Å². The fourth-order valence-electron chi connectivity index (χ4n) is 3.97. The highest BCUT2D eigenvalue weighted by atomic mass is 35.5. The van der Waals surface area contributed by atoms with Gasteiger partial charge in [-0.3, -0.25) is 4.79 Å². The van der Waals surface area contributed by atoms with Gasteiger partial charge >= 0.3 is 0 Å². The Balaban J connectivity index is 1.27. The van der Waals surface area contributed by atoms with E-state index in [2.05, 4.69) is 21.4 Å². The van der Waals surface area contributed by atoms with E-state index in [0.717, 1.165) is 54.5 Å². The third-order valence-corrected chi connectivity index (χ3v) is 5.92. The van der Waals surface area contributed by atoms with E-state index in [0.29, 0.717) is 17.5 Å². The summed E-state index contributed by atoms with van der Waals surface area (Å²) in [5, 5.41) is 3.75. The van der Waals surface area contributed by atoms with Crippen LogP contribution in [0.1, 0.15) is 37.1 Å². The molecular formula is C22H24ClN3O. The fraction of sp³-hybridized carbons (Fsp3) is 0.364. The van der Waals surface area contributed by atoms with Crippen LogP contribution in [-0.4, -0.2) is 15.9 Å². The van der Waals surface area contributed by atoms with Crippen molar-refractivity contribution in [3.63, 3.8) is 0 Å². The van der Waals surface area contributed by atoms with Crippen molar-refractivity contribution in [3.05, 3.63) is 64.9 Å². The Labute approximate surface area is 164 Å². The summed E-state index contributed by atoms with van der Waals surface area (Å²) in [5.41, 5.74) is 3.09. The van der Waals surface area contributed by atoms with E-state index in [4.69, 9.17) is 11.6 Å². The van der Waals surface area contributed by atoms with Crippen LogP contribution < -0.4 is 5.32 Å². The van der Waals surface area contributed by atoms with Crippen LogP contribution in [0.3, 0.4) is 0 Å². The van der Waals surface area contributed by atoms with E-state index >= 15 is 0 Å². The van der Waals surface area contributed by atoms with Gasteiger partial charge in [-0.2, -0.15) is 0 Å². The zero-order valence-corrected chi connectivity index (χ0v) is 16.0. The smallest absolute Gasteiger partial charge is 0.223 e. The Morgan fingerprint density at radius 3 is 2.59 bits per heavy atom. The number of hydrogen-bond donors (Lipinski definition) is 2. The number of nitrogens with one attached hydrogen (secondary N) is 2. The number of carbonyl (C=O) groups excluding carboxylic acids is 1. The van der Waals surface area contributed by atoms with Gasteiger partial charge in [-0.15, -0.1) is 0 Å². The Kier molecular flexibility index (Phi) is 5.44. The van der Waals surface area contributed by atoms with E-state index < -0.39 is 0 Å². The number of amides is 1. The summed E-state index contributed by atoms with van der Waals surface area (Å²) in [5.74, 6) is 1.91. The lowest BCUT2D eigenvalue weighted by molar-refractivity contribution is -0.126. The monoisotopic (exact) mass is 381 g/mol. The summed E-state index contributed by atoms with van der Waals surface area (Å²) >= 11 is 6.16. The molecule has 0 radical (unpaired) electrons. The Hall–Kier alpha value is -2.33. The largest absolute Gasteiger partial charge is 0.352 e. The summed E-state index contributed by atoms with van der Waals surface area (Å²) in [6.07, 6.45) is 4.99. The molecular weight excluding hydrogens is 358 g/mol. The number of imidazole rings is 1. The molecule has 0 spiro atoms. The number of aromatic amines is 1. The molecule has 1 aliphatic rings. The van der Waals surface area contributed by atoms with Gasteiger partial charge in [0.15, 0.2) is 0 Å². The molecule has 3 aromatic rings. The molecule has 2 aromatic carbocycles. The highest BCUT2D eigenvalue weighted by Crippen LogP contribution is 2.31. The molecule has 4 nitrogen and oxygen atoms in total. The van der Waals surface area contributed by atoms with Crippen molar-refractivity contribution < 1.29 is 4.79 Å². The van der Waals surface area contributed by atoms with Crippen molar-refractivity contribution in [3.8, 4) is 0 Å². The van der Waals surface area contributed by atoms with Gasteiger partial charge in [0.1, 0.15) is 5.82 Å². The van der Waals surface area contributed by atoms with Crippen LogP contribution in [0, 0.1) is 11.8 Å². The van der Waals surface area contributed by atoms with Crippen LogP contribution in [0.15, 0.2) is 48.5 Å². The average Bonchev–Trinajstić information content (AvgIpc) is 3.10. The molecule has 0 bridgehead atoms. The summed E-state index contributed by atoms with van der Waals surface area (Å²) in [6.45, 7) is 0.497. The van der Waals surface area contributed by atoms with Crippen LogP contribution in [0.25, 0.3) is 11.0 Å². The zero-order chi connectivity index (χ0) is 18.6. The van der Waals surface area contributed by atoms with Gasteiger partial charge in [-0.25, -0.2) is 4.98 Å². The highest BCUT2D eigenvalue weighted by molar-refractivity contribution is 6.31. The predicted octanol–water partition coefficient (Wildman–Crippen LogP) is 4.88. The number of rotatable bonds is 5. The number of carbonyl (C=O) groups is 1. The van der Waals surface area contributed by atoms with E-state index in [1.54, 1.807) is 0 Å². The molecule has 1 aromatic heterocycles. The van der Waals surface area contributed by atoms with Crippen molar-refractivity contribution in [2.45, 2.75) is 38.6 Å². The van der Waals surface area contributed by atoms with Crippen LogP contribution in [0.4, 0.5) is 0 Å². The summed E-state index contributed by atoms with van der Waals surface area (Å²) in [7, 11) is 0. The molecule has 2 N–H and O–H groups in total. The molecule has 1 heterocycles. The molecule has 1 fully saturated rings. The van der Waals surface area contributed by atoms with Gasteiger partial charge in [0.25, 0.3) is 0 Å². The first-order valence-electron chi connectivity index (χ1n) is 9.64. The Morgan fingerprint density at radius 2 is 1.81 bits per heavy atom. The van der Waals surface area contributed by atoms with Gasteiger partial charge in [0, 0.05) is 23.9 Å². The number of benzene rings is 2. The van der Waals surface area contributed by atoms with Gasteiger partial charge in [0.2, 0.25) is 5.91 Å². The predicted molar refractivity (Wildman–Crippen MR) is 109 cm³/mol. The molecule has 1 aliphatic carbocycles. The summed E-state index contributed by atoms with van der Waals surface area (Å²) < 4.78 is 0. The molecule has 4 rings (SSSR count). The highest BCUT2D eigenvalue weighted by Gasteiger charge is 2.26. The van der Waals surface area contributed by atoms with Crippen LogP contribution >= 0.6 is 11.6 Å². The van der Waals surface area contributed by atoms with Crippen molar-refractivity contribution in [1.29, 1.82) is 0 Å². The van der Waals surface area contributed by atoms with Crippen molar-refractivity contribution in [2.24, 2.45) is 11.8 Å². The molecule has 0 aliphatic heterocycles. The van der Waals surface area contributed by atoms with Gasteiger partial charge < -0.3 is 10.3 Å². The molecule has 1 saturated carbocycles. The molecule has 1 amide bonds. The van der Waals surface area contributed by atoms with Gasteiger partial charge in [0.05, 0.1) is 11.0 Å².